The van der Waals surface area contributed by atoms with Crippen molar-refractivity contribution in [3.63, 3.8) is 0 Å². The summed E-state index contributed by atoms with van der Waals surface area (Å²) >= 11 is 0. The van der Waals surface area contributed by atoms with E-state index in [1.165, 1.54) is 6.20 Å². The fraction of sp³-hybridized carbons (Fsp3) is 0.333. The molecule has 1 aromatic carbocycles. The number of carbonyl (C=O) groups excluding carboxylic acids is 1. The lowest BCUT2D eigenvalue weighted by Crippen LogP contribution is -2.25. The first kappa shape index (κ1) is 15.6. The quantitative estimate of drug-likeness (QED) is 0.450. The average Bonchev–Trinajstić information content (AvgIpc) is 2.50. The summed E-state index contributed by atoms with van der Waals surface area (Å²) in [5.74, 6) is 0.383. The molecule has 1 rings (SSSR count). The molecule has 20 heavy (non-hydrogen) atoms. The summed E-state index contributed by atoms with van der Waals surface area (Å²) in [5.41, 5.74) is 1.02. The lowest BCUT2D eigenvalue weighted by atomic mass is 10.2. The number of benzene rings is 1. The maximum atomic E-state index is 11.8. The molecule has 0 unspecified atom stereocenters. The van der Waals surface area contributed by atoms with Gasteiger partial charge in [-0.05, 0) is 24.1 Å². The molecular formula is C15H19N3O2. The van der Waals surface area contributed by atoms with Crippen molar-refractivity contribution in [1.29, 1.82) is 5.26 Å². The number of methoxy groups -OCH3 is 1. The van der Waals surface area contributed by atoms with Crippen LogP contribution in [0.2, 0.25) is 0 Å². The zero-order valence-electron chi connectivity index (χ0n) is 11.8. The highest BCUT2D eigenvalue weighted by molar-refractivity contribution is 5.97. The van der Waals surface area contributed by atoms with Crippen LogP contribution in [0.15, 0.2) is 36.0 Å². The number of hydrogen-bond donors (Lipinski definition) is 2. The van der Waals surface area contributed by atoms with Crippen molar-refractivity contribution in [2.24, 2.45) is 0 Å². The van der Waals surface area contributed by atoms with Gasteiger partial charge in [0, 0.05) is 19.3 Å². The van der Waals surface area contributed by atoms with Gasteiger partial charge in [-0.1, -0.05) is 19.1 Å². The van der Waals surface area contributed by atoms with Crippen molar-refractivity contribution in [3.8, 4) is 11.8 Å². The van der Waals surface area contributed by atoms with Gasteiger partial charge in [0.05, 0.1) is 7.11 Å². The molecule has 2 N–H and O–H groups in total. The van der Waals surface area contributed by atoms with E-state index in [1.54, 1.807) is 7.11 Å². The summed E-state index contributed by atoms with van der Waals surface area (Å²) in [7, 11) is 1.60. The van der Waals surface area contributed by atoms with E-state index in [4.69, 9.17) is 10.00 Å². The van der Waals surface area contributed by atoms with E-state index < -0.39 is 0 Å². The van der Waals surface area contributed by atoms with Crippen molar-refractivity contribution in [1.82, 2.24) is 10.6 Å². The van der Waals surface area contributed by atoms with Crippen LogP contribution >= 0.6 is 0 Å². The van der Waals surface area contributed by atoms with E-state index in [-0.39, 0.29) is 11.5 Å². The molecule has 0 atom stereocenters. The highest BCUT2D eigenvalue weighted by Gasteiger charge is 2.07. The van der Waals surface area contributed by atoms with Crippen LogP contribution in [0.1, 0.15) is 18.9 Å². The lowest BCUT2D eigenvalue weighted by Gasteiger charge is -2.06. The summed E-state index contributed by atoms with van der Waals surface area (Å²) < 4.78 is 5.06. The van der Waals surface area contributed by atoms with Gasteiger partial charge in [0.2, 0.25) is 0 Å². The van der Waals surface area contributed by atoms with Crippen LogP contribution in [0.3, 0.4) is 0 Å². The van der Waals surface area contributed by atoms with Crippen molar-refractivity contribution in [2.75, 3.05) is 13.7 Å². The summed E-state index contributed by atoms with van der Waals surface area (Å²) in [5, 5.41) is 14.5. The SMILES string of the molecule is CCCN/C=C(/C#N)C(=O)NCc1ccc(OC)cc1. The normalized spacial score (nSPS) is 10.6. The maximum Gasteiger partial charge on any atom is 0.263 e. The van der Waals surface area contributed by atoms with Gasteiger partial charge in [-0.2, -0.15) is 5.26 Å². The van der Waals surface area contributed by atoms with Gasteiger partial charge in [-0.3, -0.25) is 4.79 Å². The molecular weight excluding hydrogens is 254 g/mol. The van der Waals surface area contributed by atoms with E-state index in [9.17, 15) is 4.79 Å². The van der Waals surface area contributed by atoms with Gasteiger partial charge in [-0.15, -0.1) is 0 Å². The van der Waals surface area contributed by atoms with Crippen LogP contribution < -0.4 is 15.4 Å². The van der Waals surface area contributed by atoms with Gasteiger partial charge in [0.25, 0.3) is 5.91 Å². The second-order valence-electron chi connectivity index (χ2n) is 4.15. The van der Waals surface area contributed by atoms with Gasteiger partial charge < -0.3 is 15.4 Å². The van der Waals surface area contributed by atoms with Crippen molar-refractivity contribution < 1.29 is 9.53 Å². The molecule has 5 nitrogen and oxygen atoms in total. The summed E-state index contributed by atoms with van der Waals surface area (Å²) in [4.78, 5) is 11.8. The molecule has 0 aliphatic heterocycles. The Morgan fingerprint density at radius 1 is 1.40 bits per heavy atom. The second-order valence-corrected chi connectivity index (χ2v) is 4.15. The zero-order valence-corrected chi connectivity index (χ0v) is 11.8. The van der Waals surface area contributed by atoms with E-state index >= 15 is 0 Å². The molecule has 0 aliphatic rings. The summed E-state index contributed by atoms with van der Waals surface area (Å²) in [6, 6.07) is 9.26. The standard InChI is InChI=1S/C15H19N3O2/c1-3-8-17-11-13(9-16)15(19)18-10-12-4-6-14(20-2)7-5-12/h4-7,11,17H,3,8,10H2,1-2H3,(H,18,19)/b13-11-. The fourth-order valence-electron chi connectivity index (χ4n) is 1.49. The van der Waals surface area contributed by atoms with Gasteiger partial charge in [-0.25, -0.2) is 0 Å². The minimum atomic E-state index is -0.382. The van der Waals surface area contributed by atoms with Crippen LogP contribution in [-0.4, -0.2) is 19.6 Å². The van der Waals surface area contributed by atoms with Crippen LogP contribution in [0, 0.1) is 11.3 Å². The minimum Gasteiger partial charge on any atom is -0.497 e. The van der Waals surface area contributed by atoms with Crippen LogP contribution in [-0.2, 0) is 11.3 Å². The number of nitrogens with zero attached hydrogens (tertiary/aromatic N) is 1. The maximum absolute atomic E-state index is 11.8. The third kappa shape index (κ3) is 5.02. The van der Waals surface area contributed by atoms with E-state index in [1.807, 2.05) is 37.3 Å². The number of nitrogens with one attached hydrogen (secondary N) is 2. The van der Waals surface area contributed by atoms with Gasteiger partial charge in [0.15, 0.2) is 0 Å². The first-order valence-corrected chi connectivity index (χ1v) is 6.46. The predicted molar refractivity (Wildman–Crippen MR) is 76.8 cm³/mol. The molecule has 0 aliphatic carbocycles. The summed E-state index contributed by atoms with van der Waals surface area (Å²) in [6.07, 6.45) is 2.38. The van der Waals surface area contributed by atoms with E-state index in [0.29, 0.717) is 6.54 Å². The van der Waals surface area contributed by atoms with Gasteiger partial charge >= 0.3 is 0 Å². The molecule has 0 fully saturated rings. The molecule has 0 radical (unpaired) electrons. The third-order valence-electron chi connectivity index (χ3n) is 2.62. The fourth-order valence-corrected chi connectivity index (χ4v) is 1.49. The van der Waals surface area contributed by atoms with Crippen LogP contribution in [0.5, 0.6) is 5.75 Å². The first-order valence-electron chi connectivity index (χ1n) is 6.46. The molecule has 0 spiro atoms. The molecule has 1 amide bonds. The Morgan fingerprint density at radius 3 is 2.65 bits per heavy atom. The molecule has 0 heterocycles. The molecule has 1 aromatic rings. The molecule has 5 heteroatoms. The minimum absolute atomic E-state index is 0.0759. The Morgan fingerprint density at radius 2 is 2.10 bits per heavy atom. The highest BCUT2D eigenvalue weighted by atomic mass is 16.5. The summed E-state index contributed by atoms with van der Waals surface area (Å²) in [6.45, 7) is 3.11. The van der Waals surface area contributed by atoms with Gasteiger partial charge in [0.1, 0.15) is 17.4 Å². The monoisotopic (exact) mass is 273 g/mol. The Balaban J connectivity index is 2.52. The molecule has 0 bridgehead atoms. The lowest BCUT2D eigenvalue weighted by molar-refractivity contribution is -0.117. The Hall–Kier alpha value is -2.48. The number of carbonyl (C=O) groups is 1. The molecule has 0 saturated carbocycles. The number of amides is 1. The van der Waals surface area contributed by atoms with E-state index in [2.05, 4.69) is 10.6 Å². The largest absolute Gasteiger partial charge is 0.497 e. The zero-order chi connectivity index (χ0) is 14.8. The third-order valence-corrected chi connectivity index (χ3v) is 2.62. The van der Waals surface area contributed by atoms with Crippen LogP contribution in [0.25, 0.3) is 0 Å². The number of rotatable bonds is 7. The van der Waals surface area contributed by atoms with Crippen molar-refractivity contribution in [3.05, 3.63) is 41.6 Å². The number of hydrogen-bond acceptors (Lipinski definition) is 4. The predicted octanol–water partition coefficient (Wildman–Crippen LogP) is 1.72. The van der Waals surface area contributed by atoms with Crippen molar-refractivity contribution >= 4 is 5.91 Å². The Bertz CT molecular complexity index is 501. The average molecular weight is 273 g/mol. The Labute approximate surface area is 119 Å². The molecule has 106 valence electrons. The highest BCUT2D eigenvalue weighted by Crippen LogP contribution is 2.11. The smallest absolute Gasteiger partial charge is 0.263 e. The molecule has 0 saturated heterocycles. The second kappa shape index (κ2) is 8.59. The number of nitriles is 1. The van der Waals surface area contributed by atoms with E-state index in [0.717, 1.165) is 24.3 Å². The first-order chi connectivity index (χ1) is 9.71. The molecule has 0 aromatic heterocycles. The van der Waals surface area contributed by atoms with Crippen molar-refractivity contribution in [2.45, 2.75) is 19.9 Å². The Kier molecular flexibility index (Phi) is 6.69. The van der Waals surface area contributed by atoms with Crippen LogP contribution in [0.4, 0.5) is 0 Å². The topological polar surface area (TPSA) is 74.2 Å². The number of ether oxygens (including phenoxy) is 1.